The zero-order chi connectivity index (χ0) is 12.5. The van der Waals surface area contributed by atoms with Gasteiger partial charge in [0.15, 0.2) is 0 Å². The molecule has 3 N–H and O–H groups in total. The summed E-state index contributed by atoms with van der Waals surface area (Å²) in [4.78, 5) is 4.06. The third kappa shape index (κ3) is 6.07. The second-order valence-electron chi connectivity index (χ2n) is 4.61. The van der Waals surface area contributed by atoms with Gasteiger partial charge < -0.3 is 11.1 Å². The Kier molecular flexibility index (Phi) is 6.33. The van der Waals surface area contributed by atoms with Gasteiger partial charge in [-0.1, -0.05) is 32.1 Å². The van der Waals surface area contributed by atoms with E-state index in [4.69, 9.17) is 5.73 Å². The van der Waals surface area contributed by atoms with Crippen molar-refractivity contribution in [3.63, 3.8) is 0 Å². The van der Waals surface area contributed by atoms with Gasteiger partial charge in [-0.3, -0.25) is 0 Å². The summed E-state index contributed by atoms with van der Waals surface area (Å²) in [6.07, 6.45) is 8.00. The maximum Gasteiger partial charge on any atom is 0.126 e. The normalized spacial score (nSPS) is 11.5. The Morgan fingerprint density at radius 3 is 2.94 bits per heavy atom. The molecule has 0 aliphatic carbocycles. The number of allylic oxidation sites excluding steroid dienone is 1. The van der Waals surface area contributed by atoms with E-state index in [1.807, 2.05) is 12.1 Å². The molecule has 0 aliphatic rings. The highest BCUT2D eigenvalue weighted by molar-refractivity contribution is 5.39. The van der Waals surface area contributed by atoms with Gasteiger partial charge in [0.05, 0.1) is 0 Å². The van der Waals surface area contributed by atoms with Gasteiger partial charge in [0.1, 0.15) is 5.82 Å². The number of hydrogen-bond acceptors (Lipinski definition) is 3. The average Bonchev–Trinajstić information content (AvgIpc) is 2.30. The molecule has 0 fully saturated rings. The molecule has 3 nitrogen and oxygen atoms in total. The lowest BCUT2D eigenvalue weighted by molar-refractivity contribution is 0.556. The second kappa shape index (κ2) is 7.85. The Labute approximate surface area is 104 Å². The van der Waals surface area contributed by atoms with Gasteiger partial charge >= 0.3 is 0 Å². The van der Waals surface area contributed by atoms with E-state index in [9.17, 15) is 0 Å². The Morgan fingerprint density at radius 1 is 1.41 bits per heavy atom. The molecule has 0 spiro atoms. The van der Waals surface area contributed by atoms with Crippen LogP contribution in [0.4, 0.5) is 5.82 Å². The molecular weight excluding hydrogens is 210 g/mol. The van der Waals surface area contributed by atoms with E-state index >= 15 is 0 Å². The van der Waals surface area contributed by atoms with E-state index in [-0.39, 0.29) is 0 Å². The van der Waals surface area contributed by atoms with E-state index in [0.29, 0.717) is 11.7 Å². The van der Waals surface area contributed by atoms with Crippen molar-refractivity contribution in [2.24, 2.45) is 5.92 Å². The van der Waals surface area contributed by atoms with Crippen molar-refractivity contribution in [1.82, 2.24) is 10.3 Å². The summed E-state index contributed by atoms with van der Waals surface area (Å²) in [6.45, 7) is 6.56. The number of hydrogen-bond donors (Lipinski definition) is 2. The van der Waals surface area contributed by atoms with Crippen LogP contribution in [0.5, 0.6) is 0 Å². The molecule has 0 aromatic carbocycles. The Bertz CT molecular complexity index is 345. The van der Waals surface area contributed by atoms with Gasteiger partial charge in [-0.2, -0.15) is 0 Å². The molecule has 1 rings (SSSR count). The van der Waals surface area contributed by atoms with Gasteiger partial charge in [-0.25, -0.2) is 4.98 Å². The molecule has 0 saturated heterocycles. The van der Waals surface area contributed by atoms with Crippen LogP contribution in [0.15, 0.2) is 30.5 Å². The fourth-order valence-corrected chi connectivity index (χ4v) is 1.53. The van der Waals surface area contributed by atoms with E-state index < -0.39 is 0 Å². The van der Waals surface area contributed by atoms with Gasteiger partial charge in [0.2, 0.25) is 0 Å². The molecule has 0 unspecified atom stereocenters. The number of nitrogens with two attached hydrogens (primary N) is 1. The van der Waals surface area contributed by atoms with Gasteiger partial charge in [0.25, 0.3) is 0 Å². The quantitative estimate of drug-likeness (QED) is 0.561. The topological polar surface area (TPSA) is 50.9 Å². The molecule has 0 aliphatic heterocycles. The van der Waals surface area contributed by atoms with Crippen molar-refractivity contribution in [2.45, 2.75) is 26.7 Å². The molecule has 0 saturated carbocycles. The van der Waals surface area contributed by atoms with Gasteiger partial charge in [-0.15, -0.1) is 0 Å². The lowest BCUT2D eigenvalue weighted by Gasteiger charge is -2.05. The molecule has 3 heteroatoms. The summed E-state index contributed by atoms with van der Waals surface area (Å²) >= 11 is 0. The predicted molar refractivity (Wildman–Crippen MR) is 73.8 cm³/mol. The summed E-state index contributed by atoms with van der Waals surface area (Å²) in [6, 6.07) is 3.94. The number of nitrogen functional groups attached to an aromatic ring is 1. The molecule has 1 aromatic heterocycles. The van der Waals surface area contributed by atoms with E-state index in [0.717, 1.165) is 31.5 Å². The number of aromatic nitrogens is 1. The van der Waals surface area contributed by atoms with Crippen LogP contribution in [0.2, 0.25) is 0 Å². The molecule has 0 radical (unpaired) electrons. The van der Waals surface area contributed by atoms with Gasteiger partial charge in [0, 0.05) is 6.20 Å². The minimum absolute atomic E-state index is 0.634. The SMILES string of the molecule is CC(C)CNCCC=CCc1cccnc1N. The summed E-state index contributed by atoms with van der Waals surface area (Å²) in [5, 5.41) is 3.41. The smallest absolute Gasteiger partial charge is 0.126 e. The maximum absolute atomic E-state index is 5.76. The zero-order valence-electron chi connectivity index (χ0n) is 10.8. The zero-order valence-corrected chi connectivity index (χ0v) is 10.8. The Balaban J connectivity index is 2.16. The van der Waals surface area contributed by atoms with Crippen molar-refractivity contribution in [3.8, 4) is 0 Å². The first kappa shape index (κ1) is 13.7. The number of anilines is 1. The first-order valence-electron chi connectivity index (χ1n) is 6.25. The molecular formula is C14H23N3. The lowest BCUT2D eigenvalue weighted by Crippen LogP contribution is -2.20. The van der Waals surface area contributed by atoms with Crippen LogP contribution < -0.4 is 11.1 Å². The minimum Gasteiger partial charge on any atom is -0.383 e. The van der Waals surface area contributed by atoms with Crippen LogP contribution in [-0.4, -0.2) is 18.1 Å². The average molecular weight is 233 g/mol. The van der Waals surface area contributed by atoms with Crippen LogP contribution in [0.3, 0.4) is 0 Å². The molecule has 94 valence electrons. The van der Waals surface area contributed by atoms with Crippen LogP contribution in [0.25, 0.3) is 0 Å². The monoisotopic (exact) mass is 233 g/mol. The number of pyridine rings is 1. The fourth-order valence-electron chi connectivity index (χ4n) is 1.53. The molecule has 17 heavy (non-hydrogen) atoms. The van der Waals surface area contributed by atoms with Crippen molar-refractivity contribution in [1.29, 1.82) is 0 Å². The maximum atomic E-state index is 5.76. The standard InChI is InChI=1S/C14H23N3/c1-12(2)11-16-9-5-3-4-7-13-8-6-10-17-14(13)15/h3-4,6,8,10,12,16H,5,7,9,11H2,1-2H3,(H2,15,17). The van der Waals surface area contributed by atoms with Crippen molar-refractivity contribution in [3.05, 3.63) is 36.0 Å². The third-order valence-corrected chi connectivity index (χ3v) is 2.47. The fraction of sp³-hybridized carbons (Fsp3) is 0.500. The molecule has 0 bridgehead atoms. The largest absolute Gasteiger partial charge is 0.383 e. The first-order valence-corrected chi connectivity index (χ1v) is 6.25. The Hall–Kier alpha value is -1.35. The number of nitrogens with zero attached hydrogens (tertiary/aromatic N) is 1. The highest BCUT2D eigenvalue weighted by atomic mass is 14.8. The summed E-state index contributed by atoms with van der Waals surface area (Å²) < 4.78 is 0. The second-order valence-corrected chi connectivity index (χ2v) is 4.61. The Morgan fingerprint density at radius 2 is 2.24 bits per heavy atom. The number of nitrogens with one attached hydrogen (secondary N) is 1. The summed E-state index contributed by atoms with van der Waals surface area (Å²) in [5.41, 5.74) is 6.86. The summed E-state index contributed by atoms with van der Waals surface area (Å²) in [5.74, 6) is 1.35. The van der Waals surface area contributed by atoms with Crippen LogP contribution >= 0.6 is 0 Å². The van der Waals surface area contributed by atoms with Crippen LogP contribution in [-0.2, 0) is 6.42 Å². The third-order valence-electron chi connectivity index (χ3n) is 2.47. The van der Waals surface area contributed by atoms with Crippen molar-refractivity contribution >= 4 is 5.82 Å². The highest BCUT2D eigenvalue weighted by Gasteiger charge is 1.95. The van der Waals surface area contributed by atoms with Gasteiger partial charge in [-0.05, 0) is 43.5 Å². The van der Waals surface area contributed by atoms with Crippen molar-refractivity contribution < 1.29 is 0 Å². The minimum atomic E-state index is 0.634. The lowest BCUT2D eigenvalue weighted by atomic mass is 10.1. The molecule has 0 atom stereocenters. The molecule has 1 aromatic rings. The van der Waals surface area contributed by atoms with Crippen LogP contribution in [0, 0.1) is 5.92 Å². The van der Waals surface area contributed by atoms with E-state index in [1.165, 1.54) is 0 Å². The first-order chi connectivity index (χ1) is 8.20. The van der Waals surface area contributed by atoms with E-state index in [1.54, 1.807) is 6.20 Å². The predicted octanol–water partition coefficient (Wildman–Crippen LogP) is 2.40. The number of rotatable bonds is 7. The summed E-state index contributed by atoms with van der Waals surface area (Å²) in [7, 11) is 0. The van der Waals surface area contributed by atoms with Crippen molar-refractivity contribution in [2.75, 3.05) is 18.8 Å². The molecule has 0 amide bonds. The van der Waals surface area contributed by atoms with E-state index in [2.05, 4.69) is 36.3 Å². The molecule has 1 heterocycles. The highest BCUT2D eigenvalue weighted by Crippen LogP contribution is 2.07. The van der Waals surface area contributed by atoms with Crippen LogP contribution in [0.1, 0.15) is 25.8 Å².